The normalized spacial score (nSPS) is 19.4. The minimum absolute atomic E-state index is 0.833. The van der Waals surface area contributed by atoms with E-state index in [2.05, 4.69) is 34.6 Å². The number of rotatable bonds is 3. The second-order valence-electron chi connectivity index (χ2n) is 5.82. The Morgan fingerprint density at radius 1 is 0.667 bits per heavy atom. The van der Waals surface area contributed by atoms with Crippen LogP contribution >= 0.6 is 0 Å². The Hall–Kier alpha value is 0. The van der Waals surface area contributed by atoms with Gasteiger partial charge in [0, 0.05) is 0 Å². The molecule has 0 spiro atoms. The van der Waals surface area contributed by atoms with E-state index < -0.39 is 0 Å². The molecule has 0 bridgehead atoms. The molecule has 1 aliphatic rings. The molecule has 0 heteroatoms. The Balaban J connectivity index is -0.000000122. The number of hydrogen-bond acceptors (Lipinski definition) is 0. The van der Waals surface area contributed by atoms with E-state index in [9.17, 15) is 0 Å². The lowest BCUT2D eigenvalue weighted by molar-refractivity contribution is 0.257. The van der Waals surface area contributed by atoms with Crippen LogP contribution in [0, 0.1) is 17.8 Å². The van der Waals surface area contributed by atoms with Crippen molar-refractivity contribution in [2.45, 2.75) is 121 Å². The molecule has 0 saturated heterocycles. The highest BCUT2D eigenvalue weighted by molar-refractivity contribution is 4.71. The van der Waals surface area contributed by atoms with Gasteiger partial charge in [-0.15, -0.1) is 0 Å². The predicted molar refractivity (Wildman–Crippen MR) is 105 cm³/mol. The molecule has 1 fully saturated rings. The van der Waals surface area contributed by atoms with E-state index >= 15 is 0 Å². The molecular formula is C21H50. The van der Waals surface area contributed by atoms with Gasteiger partial charge < -0.3 is 0 Å². The van der Waals surface area contributed by atoms with Gasteiger partial charge in [-0.2, -0.15) is 0 Å². The molecule has 1 rings (SSSR count). The summed E-state index contributed by atoms with van der Waals surface area (Å²) >= 11 is 0. The van der Waals surface area contributed by atoms with Crippen LogP contribution in [0.15, 0.2) is 0 Å². The molecule has 1 aliphatic carbocycles. The van der Waals surface area contributed by atoms with Gasteiger partial charge in [0.05, 0.1) is 0 Å². The molecule has 0 N–H and O–H groups in total. The van der Waals surface area contributed by atoms with Crippen molar-refractivity contribution in [2.75, 3.05) is 0 Å². The lowest BCUT2D eigenvalue weighted by atomic mass is 9.79. The SMILES string of the molecule is CC.CC.CC.CC(C)C.CCCC1CCC(CC)CC1. The molecule has 1 saturated carbocycles. The molecule has 0 atom stereocenters. The topological polar surface area (TPSA) is 0 Å². The molecule has 0 unspecified atom stereocenters. The third kappa shape index (κ3) is 28.8. The molecule has 0 aliphatic heterocycles. The molecule has 21 heavy (non-hydrogen) atoms. The lowest BCUT2D eigenvalue weighted by Gasteiger charge is -2.27. The fourth-order valence-electron chi connectivity index (χ4n) is 2.34. The van der Waals surface area contributed by atoms with Crippen molar-refractivity contribution in [2.24, 2.45) is 17.8 Å². The minimum atomic E-state index is 0.833. The highest BCUT2D eigenvalue weighted by Gasteiger charge is 2.18. The molecule has 0 aromatic heterocycles. The van der Waals surface area contributed by atoms with Crippen LogP contribution in [0.1, 0.15) is 121 Å². The van der Waals surface area contributed by atoms with Crippen LogP contribution < -0.4 is 0 Å². The van der Waals surface area contributed by atoms with Gasteiger partial charge in [0.25, 0.3) is 0 Å². The summed E-state index contributed by atoms with van der Waals surface area (Å²) in [5.41, 5.74) is 0. The van der Waals surface area contributed by atoms with Gasteiger partial charge >= 0.3 is 0 Å². The maximum atomic E-state index is 2.34. The summed E-state index contributed by atoms with van der Waals surface area (Å²) in [6, 6.07) is 0. The van der Waals surface area contributed by atoms with Crippen molar-refractivity contribution in [3.63, 3.8) is 0 Å². The van der Waals surface area contributed by atoms with Crippen molar-refractivity contribution in [1.29, 1.82) is 0 Å². The molecule has 134 valence electrons. The van der Waals surface area contributed by atoms with Crippen molar-refractivity contribution in [1.82, 2.24) is 0 Å². The van der Waals surface area contributed by atoms with E-state index in [-0.39, 0.29) is 0 Å². The predicted octanol–water partition coefficient (Wildman–Crippen LogP) is 8.74. The summed E-state index contributed by atoms with van der Waals surface area (Å²) in [6.45, 7) is 23.1. The first-order chi connectivity index (χ1) is 10.1. The Labute approximate surface area is 139 Å². The van der Waals surface area contributed by atoms with Crippen LogP contribution in [-0.4, -0.2) is 0 Å². The van der Waals surface area contributed by atoms with E-state index in [0.717, 1.165) is 17.8 Å². The Morgan fingerprint density at radius 3 is 1.19 bits per heavy atom. The molecule has 0 aromatic rings. The zero-order chi connectivity index (χ0) is 17.7. The van der Waals surface area contributed by atoms with E-state index in [1.165, 1.54) is 44.9 Å². The number of hydrogen-bond donors (Lipinski definition) is 0. The zero-order valence-electron chi connectivity index (χ0n) is 17.7. The van der Waals surface area contributed by atoms with Crippen LogP contribution in [-0.2, 0) is 0 Å². The first-order valence-corrected chi connectivity index (χ1v) is 10.1. The molecule has 0 nitrogen and oxygen atoms in total. The summed E-state index contributed by atoms with van der Waals surface area (Å²) < 4.78 is 0. The van der Waals surface area contributed by atoms with Crippen LogP contribution in [0.4, 0.5) is 0 Å². The monoisotopic (exact) mass is 302 g/mol. The van der Waals surface area contributed by atoms with Crippen LogP contribution in [0.2, 0.25) is 0 Å². The molecule has 0 aromatic carbocycles. The van der Waals surface area contributed by atoms with Crippen LogP contribution in [0.25, 0.3) is 0 Å². The maximum Gasteiger partial charge on any atom is -0.0414 e. The Kier molecular flexibility index (Phi) is 39.0. The highest BCUT2D eigenvalue weighted by atomic mass is 14.2. The average Bonchev–Trinajstić information content (AvgIpc) is 2.54. The van der Waals surface area contributed by atoms with Gasteiger partial charge in [-0.25, -0.2) is 0 Å². The van der Waals surface area contributed by atoms with Crippen molar-refractivity contribution in [3.8, 4) is 0 Å². The first kappa shape index (κ1) is 29.1. The Bertz CT molecular complexity index is 115. The molecular weight excluding hydrogens is 252 g/mol. The van der Waals surface area contributed by atoms with Gasteiger partial charge in [-0.1, -0.05) is 121 Å². The third-order valence-corrected chi connectivity index (χ3v) is 3.24. The quantitative estimate of drug-likeness (QED) is 0.488. The van der Waals surface area contributed by atoms with E-state index in [1.807, 2.05) is 41.5 Å². The largest absolute Gasteiger partial charge is 0.0683 e. The van der Waals surface area contributed by atoms with Gasteiger partial charge in [0.1, 0.15) is 0 Å². The standard InChI is InChI=1S/C11H22.C4H10.3C2H6/c1-3-5-11-8-6-10(4-2)7-9-11;1-4(2)3;3*1-2/h10-11H,3-9H2,1-2H3;4H,1-3H3;3*1-2H3. The highest BCUT2D eigenvalue weighted by Crippen LogP contribution is 2.32. The average molecular weight is 303 g/mol. The first-order valence-electron chi connectivity index (χ1n) is 10.1. The minimum Gasteiger partial charge on any atom is -0.0683 e. The zero-order valence-corrected chi connectivity index (χ0v) is 17.7. The smallest absolute Gasteiger partial charge is 0.0414 e. The van der Waals surface area contributed by atoms with Crippen molar-refractivity contribution in [3.05, 3.63) is 0 Å². The summed E-state index contributed by atoms with van der Waals surface area (Å²) in [4.78, 5) is 0. The summed E-state index contributed by atoms with van der Waals surface area (Å²) in [6.07, 6.45) is 10.4. The Morgan fingerprint density at radius 2 is 0.952 bits per heavy atom. The molecule has 0 amide bonds. The fourth-order valence-corrected chi connectivity index (χ4v) is 2.34. The van der Waals surface area contributed by atoms with Crippen molar-refractivity contribution < 1.29 is 0 Å². The fraction of sp³-hybridized carbons (Fsp3) is 1.00. The summed E-state index contributed by atoms with van der Waals surface area (Å²) in [7, 11) is 0. The summed E-state index contributed by atoms with van der Waals surface area (Å²) in [5, 5.41) is 0. The van der Waals surface area contributed by atoms with Crippen LogP contribution in [0.5, 0.6) is 0 Å². The lowest BCUT2D eigenvalue weighted by Crippen LogP contribution is -2.13. The third-order valence-electron chi connectivity index (χ3n) is 3.24. The maximum absolute atomic E-state index is 2.34. The van der Waals surface area contributed by atoms with Gasteiger partial charge in [0.2, 0.25) is 0 Å². The second kappa shape index (κ2) is 28.2. The summed E-state index contributed by atoms with van der Waals surface area (Å²) in [5.74, 6) is 2.99. The molecule has 0 heterocycles. The van der Waals surface area contributed by atoms with E-state index in [4.69, 9.17) is 0 Å². The second-order valence-corrected chi connectivity index (χ2v) is 5.82. The van der Waals surface area contributed by atoms with Gasteiger partial charge in [-0.05, 0) is 17.8 Å². The molecule has 0 radical (unpaired) electrons. The van der Waals surface area contributed by atoms with Gasteiger partial charge in [-0.3, -0.25) is 0 Å². The van der Waals surface area contributed by atoms with E-state index in [1.54, 1.807) is 0 Å². The van der Waals surface area contributed by atoms with Crippen molar-refractivity contribution >= 4 is 0 Å². The van der Waals surface area contributed by atoms with Gasteiger partial charge in [0.15, 0.2) is 0 Å². The van der Waals surface area contributed by atoms with E-state index in [0.29, 0.717) is 0 Å². The van der Waals surface area contributed by atoms with Crippen LogP contribution in [0.3, 0.4) is 0 Å².